The van der Waals surface area contributed by atoms with Gasteiger partial charge in [0.15, 0.2) is 0 Å². The first-order chi connectivity index (χ1) is 10.7. The van der Waals surface area contributed by atoms with E-state index in [1.807, 2.05) is 23.2 Å². The Hall–Kier alpha value is -2.10. The summed E-state index contributed by atoms with van der Waals surface area (Å²) in [6.45, 7) is 3.00. The molecule has 2 atom stereocenters. The van der Waals surface area contributed by atoms with Crippen LogP contribution in [-0.2, 0) is 0 Å². The molecule has 1 aliphatic heterocycles. The van der Waals surface area contributed by atoms with E-state index in [4.69, 9.17) is 4.42 Å². The Balaban J connectivity index is 1.64. The summed E-state index contributed by atoms with van der Waals surface area (Å²) < 4.78 is 5.58. The molecule has 4 heteroatoms. The third-order valence-corrected chi connectivity index (χ3v) is 4.71. The van der Waals surface area contributed by atoms with Gasteiger partial charge >= 0.3 is 0 Å². The number of furan rings is 1. The quantitative estimate of drug-likeness (QED) is 0.866. The largest absolute Gasteiger partial charge is 0.468 e. The zero-order chi connectivity index (χ0) is 15.1. The molecule has 2 fully saturated rings. The van der Waals surface area contributed by atoms with Gasteiger partial charge in [0.05, 0.1) is 17.9 Å². The summed E-state index contributed by atoms with van der Waals surface area (Å²) >= 11 is 0. The van der Waals surface area contributed by atoms with Crippen molar-refractivity contribution in [2.45, 2.75) is 38.1 Å². The van der Waals surface area contributed by atoms with Gasteiger partial charge in [-0.1, -0.05) is 13.0 Å². The van der Waals surface area contributed by atoms with Gasteiger partial charge in [-0.05, 0) is 42.9 Å². The fraction of sp³-hybridized carbons (Fsp3) is 0.444. The molecule has 0 unspecified atom stereocenters. The topological polar surface area (TPSA) is 46.3 Å². The number of aromatic nitrogens is 1. The number of amides is 1. The molecule has 3 heterocycles. The second-order valence-electron chi connectivity index (χ2n) is 6.57. The zero-order valence-electron chi connectivity index (χ0n) is 12.7. The maximum Gasteiger partial charge on any atom is 0.257 e. The van der Waals surface area contributed by atoms with Crippen molar-refractivity contribution in [2.24, 2.45) is 5.92 Å². The Morgan fingerprint density at radius 2 is 2.23 bits per heavy atom. The van der Waals surface area contributed by atoms with E-state index >= 15 is 0 Å². The van der Waals surface area contributed by atoms with Gasteiger partial charge in [-0.25, -0.2) is 0 Å². The molecule has 1 aliphatic carbocycles. The molecule has 4 nitrogen and oxygen atoms in total. The minimum absolute atomic E-state index is 0.105. The molecule has 1 amide bonds. The maximum atomic E-state index is 13.0. The van der Waals surface area contributed by atoms with Crippen LogP contribution in [0.15, 0.2) is 41.3 Å². The van der Waals surface area contributed by atoms with Crippen molar-refractivity contribution in [1.29, 1.82) is 0 Å². The first-order valence-corrected chi connectivity index (χ1v) is 8.02. The van der Waals surface area contributed by atoms with Crippen LogP contribution in [0.4, 0.5) is 0 Å². The number of likely N-dealkylation sites (tertiary alicyclic amines) is 1. The molecule has 0 aromatic carbocycles. The lowest BCUT2D eigenvalue weighted by Crippen LogP contribution is -2.31. The van der Waals surface area contributed by atoms with E-state index in [9.17, 15) is 4.79 Å². The van der Waals surface area contributed by atoms with Crippen molar-refractivity contribution in [3.05, 3.63) is 53.7 Å². The van der Waals surface area contributed by atoms with E-state index < -0.39 is 0 Å². The highest BCUT2D eigenvalue weighted by atomic mass is 16.3. The average molecular weight is 296 g/mol. The van der Waals surface area contributed by atoms with Gasteiger partial charge in [0.25, 0.3) is 5.91 Å². The van der Waals surface area contributed by atoms with Gasteiger partial charge in [-0.2, -0.15) is 0 Å². The van der Waals surface area contributed by atoms with Crippen LogP contribution in [-0.4, -0.2) is 22.3 Å². The van der Waals surface area contributed by atoms with E-state index in [-0.39, 0.29) is 11.9 Å². The third-order valence-electron chi connectivity index (χ3n) is 4.71. The summed E-state index contributed by atoms with van der Waals surface area (Å²) in [6.07, 6.45) is 8.56. The Bertz CT molecular complexity index is 675. The van der Waals surface area contributed by atoms with E-state index in [1.54, 1.807) is 12.5 Å². The number of nitrogens with zero attached hydrogens (tertiary/aromatic N) is 2. The number of pyridine rings is 1. The van der Waals surface area contributed by atoms with Gasteiger partial charge < -0.3 is 9.32 Å². The Morgan fingerprint density at radius 1 is 1.36 bits per heavy atom. The summed E-state index contributed by atoms with van der Waals surface area (Å²) in [7, 11) is 0. The lowest BCUT2D eigenvalue weighted by molar-refractivity contribution is 0.0729. The van der Waals surface area contributed by atoms with Gasteiger partial charge in [-0.15, -0.1) is 0 Å². The van der Waals surface area contributed by atoms with Crippen molar-refractivity contribution < 1.29 is 9.21 Å². The Morgan fingerprint density at radius 3 is 2.95 bits per heavy atom. The van der Waals surface area contributed by atoms with Gasteiger partial charge in [0, 0.05) is 24.9 Å². The summed E-state index contributed by atoms with van der Waals surface area (Å²) in [5, 5.41) is 0. The number of rotatable bonds is 3. The number of carbonyl (C=O) groups excluding carboxylic acids is 1. The molecule has 0 radical (unpaired) electrons. The first-order valence-electron chi connectivity index (χ1n) is 8.02. The zero-order valence-corrected chi connectivity index (χ0v) is 12.7. The number of hydrogen-bond donors (Lipinski definition) is 0. The van der Waals surface area contributed by atoms with Gasteiger partial charge in [0.1, 0.15) is 5.76 Å². The Kier molecular flexibility index (Phi) is 3.25. The van der Waals surface area contributed by atoms with Crippen LogP contribution in [0.5, 0.6) is 0 Å². The minimum atomic E-state index is 0.105. The Labute approximate surface area is 130 Å². The highest BCUT2D eigenvalue weighted by molar-refractivity contribution is 5.96. The van der Waals surface area contributed by atoms with Crippen LogP contribution in [0.25, 0.3) is 0 Å². The van der Waals surface area contributed by atoms with Crippen molar-refractivity contribution >= 4 is 5.91 Å². The van der Waals surface area contributed by atoms with Gasteiger partial charge in [0.2, 0.25) is 0 Å². The van der Waals surface area contributed by atoms with Crippen LogP contribution in [0.2, 0.25) is 0 Å². The van der Waals surface area contributed by atoms with Crippen LogP contribution in [0.1, 0.15) is 59.8 Å². The maximum absolute atomic E-state index is 13.0. The molecule has 1 saturated heterocycles. The molecule has 2 aliphatic rings. The van der Waals surface area contributed by atoms with Crippen LogP contribution >= 0.6 is 0 Å². The smallest absolute Gasteiger partial charge is 0.257 e. The molecule has 0 N–H and O–H groups in total. The van der Waals surface area contributed by atoms with Crippen LogP contribution in [0.3, 0.4) is 0 Å². The predicted octanol–water partition coefficient (Wildman–Crippen LogP) is 3.78. The van der Waals surface area contributed by atoms with Crippen LogP contribution < -0.4 is 0 Å². The lowest BCUT2D eigenvalue weighted by atomic mass is 10.0. The summed E-state index contributed by atoms with van der Waals surface area (Å²) in [6, 6.07) is 5.96. The van der Waals surface area contributed by atoms with Crippen molar-refractivity contribution in [3.8, 4) is 0 Å². The molecule has 2 aromatic heterocycles. The minimum Gasteiger partial charge on any atom is -0.468 e. The van der Waals surface area contributed by atoms with E-state index in [0.29, 0.717) is 11.8 Å². The van der Waals surface area contributed by atoms with Crippen molar-refractivity contribution in [1.82, 2.24) is 9.88 Å². The average Bonchev–Trinajstić information content (AvgIpc) is 3.13. The molecular weight excluding hydrogens is 276 g/mol. The highest BCUT2D eigenvalue weighted by Crippen LogP contribution is 2.43. The third kappa shape index (κ3) is 2.32. The van der Waals surface area contributed by atoms with E-state index in [1.165, 1.54) is 0 Å². The molecule has 0 spiro atoms. The van der Waals surface area contributed by atoms with E-state index in [2.05, 4.69) is 18.0 Å². The highest BCUT2D eigenvalue weighted by Gasteiger charge is 2.38. The number of hydrogen-bond acceptors (Lipinski definition) is 3. The molecule has 4 rings (SSSR count). The van der Waals surface area contributed by atoms with Crippen molar-refractivity contribution in [2.75, 3.05) is 6.54 Å². The van der Waals surface area contributed by atoms with Crippen molar-refractivity contribution in [3.63, 3.8) is 0 Å². The molecule has 114 valence electrons. The van der Waals surface area contributed by atoms with E-state index in [0.717, 1.165) is 42.7 Å². The molecule has 1 saturated carbocycles. The second kappa shape index (κ2) is 5.27. The number of carbonyl (C=O) groups is 1. The fourth-order valence-corrected chi connectivity index (χ4v) is 3.47. The molecule has 2 aromatic rings. The second-order valence-corrected chi connectivity index (χ2v) is 6.57. The van der Waals surface area contributed by atoms with Gasteiger partial charge in [-0.3, -0.25) is 9.78 Å². The fourth-order valence-electron chi connectivity index (χ4n) is 3.47. The first kappa shape index (κ1) is 13.6. The standard InChI is InChI=1S/C18H20N2O2/c1-12-9-16(14-3-2-7-19-10-14)20(11-12)18(21)15-6-8-22-17(15)13-4-5-13/h2-3,6-8,10,12-13,16H,4-5,9,11H2,1H3/t12-,16+/m0/s1. The molecule has 22 heavy (non-hydrogen) atoms. The summed E-state index contributed by atoms with van der Waals surface area (Å²) in [4.78, 5) is 19.2. The summed E-state index contributed by atoms with van der Waals surface area (Å²) in [5.41, 5.74) is 1.88. The monoisotopic (exact) mass is 296 g/mol. The normalized spacial score (nSPS) is 24.7. The van der Waals surface area contributed by atoms with Crippen LogP contribution in [0, 0.1) is 5.92 Å². The molecule has 0 bridgehead atoms. The molecular formula is C18H20N2O2. The predicted molar refractivity (Wildman–Crippen MR) is 82.5 cm³/mol. The lowest BCUT2D eigenvalue weighted by Gasteiger charge is -2.24. The summed E-state index contributed by atoms with van der Waals surface area (Å²) in [5.74, 6) is 1.94. The SMILES string of the molecule is C[C@H]1C[C@H](c2cccnc2)N(C(=O)c2ccoc2C2CC2)C1.